The molecule has 20 heavy (non-hydrogen) atoms. The van der Waals surface area contributed by atoms with Gasteiger partial charge in [0.2, 0.25) is 0 Å². The van der Waals surface area contributed by atoms with Gasteiger partial charge in [0, 0.05) is 0 Å². The minimum Gasteiger partial charge on any atom is -0.507 e. The molecule has 0 saturated carbocycles. The number of halogens is 3. The molecular weight excluding hydrogens is 391 g/mol. The maximum absolute atomic E-state index is 12.9. The first-order valence-electron chi connectivity index (χ1n) is 5.86. The van der Waals surface area contributed by atoms with Gasteiger partial charge in [-0.05, 0) is 29.8 Å². The normalized spacial score (nSPS) is 13.8. The number of ketones is 1. The molecule has 0 bridgehead atoms. The van der Waals surface area contributed by atoms with Gasteiger partial charge in [0.1, 0.15) is 11.6 Å². The number of alkyl halides is 2. The molecule has 0 fully saturated rings. The van der Waals surface area contributed by atoms with E-state index in [2.05, 4.69) is 31.9 Å². The van der Waals surface area contributed by atoms with E-state index in [4.69, 9.17) is 0 Å². The van der Waals surface area contributed by atoms with Gasteiger partial charge >= 0.3 is 0 Å². The van der Waals surface area contributed by atoms with Crippen molar-refractivity contribution in [2.45, 2.75) is 9.65 Å². The Kier molecular flexibility index (Phi) is 4.94. The number of carbonyl (C=O) groups excluding carboxylic acids is 1. The van der Waals surface area contributed by atoms with E-state index in [-0.39, 0.29) is 27.7 Å². The van der Waals surface area contributed by atoms with Crippen LogP contribution in [0.25, 0.3) is 0 Å². The van der Waals surface area contributed by atoms with Crippen molar-refractivity contribution in [2.75, 3.05) is 0 Å². The number of hydrogen-bond acceptors (Lipinski definition) is 2. The zero-order valence-corrected chi connectivity index (χ0v) is 13.4. The lowest BCUT2D eigenvalue weighted by Gasteiger charge is -2.16. The van der Waals surface area contributed by atoms with Crippen molar-refractivity contribution in [3.8, 4) is 5.75 Å². The maximum Gasteiger partial charge on any atom is 0.181 e. The molecule has 0 radical (unpaired) electrons. The number of rotatable bonds is 4. The third-order valence-electron chi connectivity index (χ3n) is 2.87. The molecule has 0 aliphatic carbocycles. The molecule has 0 unspecified atom stereocenters. The van der Waals surface area contributed by atoms with E-state index in [9.17, 15) is 14.3 Å². The number of benzene rings is 2. The molecule has 1 N–H and O–H groups in total. The molecule has 5 heteroatoms. The Morgan fingerprint density at radius 1 is 1.05 bits per heavy atom. The average molecular weight is 402 g/mol. The standard InChI is InChI=1S/C15H11Br2FO2/c16-13(9-5-7-10(18)8-6-9)14(17)15(20)11-3-1-2-4-12(11)19/h1-8,13-14,19H/t13-,14+/m1/s1. The minimum absolute atomic E-state index is 0.0549. The van der Waals surface area contributed by atoms with E-state index in [1.165, 1.54) is 18.2 Å². The quantitative estimate of drug-likeness (QED) is 0.599. The maximum atomic E-state index is 12.9. The van der Waals surface area contributed by atoms with Gasteiger partial charge in [-0.25, -0.2) is 4.39 Å². The largest absolute Gasteiger partial charge is 0.507 e. The van der Waals surface area contributed by atoms with Crippen LogP contribution in [0.1, 0.15) is 20.7 Å². The highest BCUT2D eigenvalue weighted by molar-refractivity contribution is 9.12. The van der Waals surface area contributed by atoms with Gasteiger partial charge in [0.25, 0.3) is 0 Å². The summed E-state index contributed by atoms with van der Waals surface area (Å²) < 4.78 is 12.9. The Morgan fingerprint density at radius 3 is 2.25 bits per heavy atom. The number of Topliss-reactive ketones (excluding diaryl/α,β-unsaturated/α-hetero) is 1. The fourth-order valence-electron chi connectivity index (χ4n) is 1.78. The molecule has 0 aliphatic rings. The SMILES string of the molecule is O=C(c1ccccc1O)[C@@H](Br)[C@H](Br)c1ccc(F)cc1. The Hall–Kier alpha value is -1.20. The van der Waals surface area contributed by atoms with Crippen LogP contribution in [0.15, 0.2) is 48.5 Å². The van der Waals surface area contributed by atoms with Gasteiger partial charge in [-0.1, -0.05) is 56.1 Å². The number of hydrogen-bond donors (Lipinski definition) is 1. The van der Waals surface area contributed by atoms with Crippen LogP contribution in [0.5, 0.6) is 5.75 Å². The second kappa shape index (κ2) is 6.50. The third kappa shape index (κ3) is 3.27. The summed E-state index contributed by atoms with van der Waals surface area (Å²) in [6.45, 7) is 0. The first-order chi connectivity index (χ1) is 9.50. The highest BCUT2D eigenvalue weighted by Crippen LogP contribution is 2.34. The Morgan fingerprint density at radius 2 is 1.65 bits per heavy atom. The molecule has 0 aliphatic heterocycles. The molecule has 2 rings (SSSR count). The van der Waals surface area contributed by atoms with Crippen LogP contribution in [-0.4, -0.2) is 15.7 Å². The van der Waals surface area contributed by atoms with Gasteiger partial charge < -0.3 is 5.11 Å². The fourth-order valence-corrected chi connectivity index (χ4v) is 2.88. The molecular formula is C15H11Br2FO2. The number of carbonyl (C=O) groups is 1. The second-order valence-electron chi connectivity index (χ2n) is 4.24. The van der Waals surface area contributed by atoms with E-state index in [0.29, 0.717) is 0 Å². The summed E-state index contributed by atoms with van der Waals surface area (Å²) in [5.74, 6) is -0.623. The van der Waals surface area contributed by atoms with Crippen LogP contribution in [0.4, 0.5) is 4.39 Å². The summed E-state index contributed by atoms with van der Waals surface area (Å²) in [6.07, 6.45) is 0. The number of phenols is 1. The predicted molar refractivity (Wildman–Crippen MR) is 83.2 cm³/mol. The summed E-state index contributed by atoms with van der Waals surface area (Å²) in [7, 11) is 0. The zero-order chi connectivity index (χ0) is 14.7. The monoisotopic (exact) mass is 400 g/mol. The lowest BCUT2D eigenvalue weighted by atomic mass is 10.0. The van der Waals surface area contributed by atoms with E-state index in [0.717, 1.165) is 5.56 Å². The minimum atomic E-state index is -0.568. The molecule has 0 spiro atoms. The van der Waals surface area contributed by atoms with Crippen molar-refractivity contribution in [2.24, 2.45) is 0 Å². The molecule has 0 amide bonds. The predicted octanol–water partition coefficient (Wildman–Crippen LogP) is 4.61. The lowest BCUT2D eigenvalue weighted by Crippen LogP contribution is -2.19. The lowest BCUT2D eigenvalue weighted by molar-refractivity contribution is 0.0988. The number of aromatic hydroxyl groups is 1. The average Bonchev–Trinajstić information content (AvgIpc) is 2.46. The number of phenolic OH excluding ortho intramolecular Hbond substituents is 1. The van der Waals surface area contributed by atoms with E-state index < -0.39 is 4.83 Å². The van der Waals surface area contributed by atoms with E-state index >= 15 is 0 Å². The first-order valence-corrected chi connectivity index (χ1v) is 7.69. The van der Waals surface area contributed by atoms with Crippen molar-refractivity contribution in [1.29, 1.82) is 0 Å². The van der Waals surface area contributed by atoms with Crippen LogP contribution in [0.3, 0.4) is 0 Å². The molecule has 2 atom stereocenters. The second-order valence-corrected chi connectivity index (χ2v) is 6.21. The van der Waals surface area contributed by atoms with Crippen molar-refractivity contribution >= 4 is 37.6 Å². The van der Waals surface area contributed by atoms with Crippen molar-refractivity contribution in [3.05, 3.63) is 65.5 Å². The summed E-state index contributed by atoms with van der Waals surface area (Å²) >= 11 is 6.76. The van der Waals surface area contributed by atoms with Crippen LogP contribution in [0, 0.1) is 5.82 Å². The fraction of sp³-hybridized carbons (Fsp3) is 0.133. The highest BCUT2D eigenvalue weighted by Gasteiger charge is 2.27. The molecule has 0 aromatic heterocycles. The van der Waals surface area contributed by atoms with Crippen molar-refractivity contribution < 1.29 is 14.3 Å². The Labute approximate surface area is 132 Å². The molecule has 0 heterocycles. The molecule has 2 aromatic rings. The summed E-state index contributed by atoms with van der Waals surface area (Å²) in [6, 6.07) is 12.3. The van der Waals surface area contributed by atoms with Crippen LogP contribution in [0.2, 0.25) is 0 Å². The first kappa shape index (κ1) is 15.2. The van der Waals surface area contributed by atoms with Crippen molar-refractivity contribution in [1.82, 2.24) is 0 Å². The smallest absolute Gasteiger partial charge is 0.181 e. The van der Waals surface area contributed by atoms with Crippen LogP contribution < -0.4 is 0 Å². The van der Waals surface area contributed by atoms with Crippen LogP contribution >= 0.6 is 31.9 Å². The molecule has 104 valence electrons. The van der Waals surface area contributed by atoms with Gasteiger partial charge in [0.15, 0.2) is 5.78 Å². The van der Waals surface area contributed by atoms with E-state index in [1.54, 1.807) is 30.3 Å². The summed E-state index contributed by atoms with van der Waals surface area (Å²) in [4.78, 5) is 11.4. The van der Waals surface area contributed by atoms with Gasteiger partial charge in [0.05, 0.1) is 15.2 Å². The zero-order valence-electron chi connectivity index (χ0n) is 10.3. The summed E-state index contributed by atoms with van der Waals surface area (Å²) in [5.41, 5.74) is 1.03. The Bertz CT molecular complexity index is 614. The van der Waals surface area contributed by atoms with E-state index in [1.807, 2.05) is 0 Å². The number of para-hydroxylation sites is 1. The summed E-state index contributed by atoms with van der Waals surface area (Å²) in [5, 5.41) is 9.71. The highest BCUT2D eigenvalue weighted by atomic mass is 79.9. The topological polar surface area (TPSA) is 37.3 Å². The van der Waals surface area contributed by atoms with Crippen LogP contribution in [-0.2, 0) is 0 Å². The van der Waals surface area contributed by atoms with Gasteiger partial charge in [-0.2, -0.15) is 0 Å². The Balaban J connectivity index is 2.22. The van der Waals surface area contributed by atoms with Gasteiger partial charge in [-0.3, -0.25) is 4.79 Å². The molecule has 0 saturated heterocycles. The van der Waals surface area contributed by atoms with Gasteiger partial charge in [-0.15, -0.1) is 0 Å². The van der Waals surface area contributed by atoms with Crippen molar-refractivity contribution in [3.63, 3.8) is 0 Å². The third-order valence-corrected chi connectivity index (χ3v) is 5.58. The molecule has 2 nitrogen and oxygen atoms in total. The molecule has 2 aromatic carbocycles.